The molecule has 1 rings (SSSR count). The maximum absolute atomic E-state index is 13.4. The summed E-state index contributed by atoms with van der Waals surface area (Å²) < 4.78 is 13.4. The third-order valence-electron chi connectivity index (χ3n) is 2.90. The second-order valence-corrected chi connectivity index (χ2v) is 4.06. The van der Waals surface area contributed by atoms with Crippen molar-refractivity contribution >= 4 is 5.91 Å². The number of carbonyl (C=O) groups is 1. The molecule has 94 valence electrons. The summed E-state index contributed by atoms with van der Waals surface area (Å²) in [5, 5.41) is 11.7. The minimum Gasteiger partial charge on any atom is -0.508 e. The van der Waals surface area contributed by atoms with Crippen molar-refractivity contribution in [1.29, 1.82) is 0 Å². The van der Waals surface area contributed by atoms with Gasteiger partial charge in [0, 0.05) is 12.6 Å². The van der Waals surface area contributed by atoms with Crippen molar-refractivity contribution in [3.8, 4) is 5.75 Å². The molecule has 0 atom stereocenters. The van der Waals surface area contributed by atoms with Crippen molar-refractivity contribution in [3.63, 3.8) is 0 Å². The number of hydrogen-bond acceptors (Lipinski definition) is 2. The van der Waals surface area contributed by atoms with Crippen LogP contribution in [0.2, 0.25) is 0 Å². The first kappa shape index (κ1) is 13.5. The van der Waals surface area contributed by atoms with Crippen molar-refractivity contribution < 1.29 is 14.3 Å². The Bertz CT molecular complexity index is 389. The van der Waals surface area contributed by atoms with Crippen LogP contribution in [0.1, 0.15) is 37.0 Å². The number of aromatic hydroxyl groups is 1. The molecular formula is C13H18FNO2. The quantitative estimate of drug-likeness (QED) is 0.830. The van der Waals surface area contributed by atoms with Crippen LogP contribution in [0.3, 0.4) is 0 Å². The fraction of sp³-hybridized carbons (Fsp3) is 0.462. The Kier molecular flexibility index (Phi) is 4.94. The summed E-state index contributed by atoms with van der Waals surface area (Å²) in [4.78, 5) is 11.7. The summed E-state index contributed by atoms with van der Waals surface area (Å²) >= 11 is 0. The molecule has 0 aliphatic heterocycles. The van der Waals surface area contributed by atoms with Gasteiger partial charge < -0.3 is 10.4 Å². The average Bonchev–Trinajstić information content (AvgIpc) is 2.30. The Morgan fingerprint density at radius 3 is 2.59 bits per heavy atom. The molecule has 1 aromatic carbocycles. The van der Waals surface area contributed by atoms with Gasteiger partial charge >= 0.3 is 0 Å². The number of carbonyl (C=O) groups excluding carboxylic acids is 1. The number of benzene rings is 1. The van der Waals surface area contributed by atoms with Crippen molar-refractivity contribution in [1.82, 2.24) is 5.32 Å². The van der Waals surface area contributed by atoms with Gasteiger partial charge in [-0.05, 0) is 18.1 Å². The van der Waals surface area contributed by atoms with Crippen LogP contribution in [-0.2, 0) is 0 Å². The van der Waals surface area contributed by atoms with Crippen LogP contribution >= 0.6 is 0 Å². The number of rotatable bonds is 5. The molecule has 0 radical (unpaired) electrons. The maximum Gasteiger partial charge on any atom is 0.254 e. The monoisotopic (exact) mass is 239 g/mol. The maximum atomic E-state index is 13.4. The summed E-state index contributed by atoms with van der Waals surface area (Å²) in [7, 11) is 0. The molecule has 3 nitrogen and oxygen atoms in total. The Hall–Kier alpha value is -1.58. The Morgan fingerprint density at radius 2 is 2.06 bits per heavy atom. The molecule has 4 heteroatoms. The summed E-state index contributed by atoms with van der Waals surface area (Å²) in [6.45, 7) is 4.66. The molecule has 0 unspecified atom stereocenters. The molecule has 1 amide bonds. The summed E-state index contributed by atoms with van der Waals surface area (Å²) in [6.07, 6.45) is 1.96. The largest absolute Gasteiger partial charge is 0.508 e. The molecule has 0 aromatic heterocycles. The molecule has 0 fully saturated rings. The van der Waals surface area contributed by atoms with Crippen LogP contribution in [0, 0.1) is 11.7 Å². The van der Waals surface area contributed by atoms with Crippen molar-refractivity contribution in [2.24, 2.45) is 5.92 Å². The lowest BCUT2D eigenvalue weighted by Crippen LogP contribution is -2.29. The second kappa shape index (κ2) is 6.23. The van der Waals surface area contributed by atoms with Crippen molar-refractivity contribution in [2.75, 3.05) is 6.54 Å². The molecule has 2 N–H and O–H groups in total. The normalized spacial score (nSPS) is 10.6. The first-order chi connectivity index (χ1) is 8.08. The second-order valence-electron chi connectivity index (χ2n) is 4.06. The zero-order chi connectivity index (χ0) is 12.8. The number of phenols is 1. The van der Waals surface area contributed by atoms with Gasteiger partial charge in [-0.15, -0.1) is 0 Å². The van der Waals surface area contributed by atoms with Gasteiger partial charge in [-0.25, -0.2) is 4.39 Å². The highest BCUT2D eigenvalue weighted by atomic mass is 19.1. The van der Waals surface area contributed by atoms with E-state index in [2.05, 4.69) is 19.2 Å². The third kappa shape index (κ3) is 3.73. The summed E-state index contributed by atoms with van der Waals surface area (Å²) in [5.74, 6) is -0.903. The minimum atomic E-state index is -0.702. The molecule has 0 bridgehead atoms. The Balaban J connectivity index is 2.64. The van der Waals surface area contributed by atoms with E-state index in [1.165, 1.54) is 12.1 Å². The van der Waals surface area contributed by atoms with Crippen LogP contribution in [0.25, 0.3) is 0 Å². The lowest BCUT2D eigenvalue weighted by molar-refractivity contribution is 0.0942. The highest BCUT2D eigenvalue weighted by molar-refractivity contribution is 5.94. The molecular weight excluding hydrogens is 221 g/mol. The van der Waals surface area contributed by atoms with Crippen LogP contribution in [0.15, 0.2) is 18.2 Å². The van der Waals surface area contributed by atoms with Crippen LogP contribution in [0.5, 0.6) is 5.75 Å². The van der Waals surface area contributed by atoms with Gasteiger partial charge in [0.25, 0.3) is 5.91 Å². The predicted molar refractivity (Wildman–Crippen MR) is 64.5 cm³/mol. The van der Waals surface area contributed by atoms with Gasteiger partial charge in [-0.1, -0.05) is 26.7 Å². The molecule has 0 heterocycles. The predicted octanol–water partition coefficient (Wildman–Crippen LogP) is 2.70. The molecule has 1 aromatic rings. The zero-order valence-corrected chi connectivity index (χ0v) is 10.2. The van der Waals surface area contributed by atoms with Gasteiger partial charge in [-0.3, -0.25) is 4.79 Å². The van der Waals surface area contributed by atoms with E-state index >= 15 is 0 Å². The molecule has 17 heavy (non-hydrogen) atoms. The first-order valence-electron chi connectivity index (χ1n) is 5.85. The lowest BCUT2D eigenvalue weighted by atomic mass is 10.0. The zero-order valence-electron chi connectivity index (χ0n) is 10.2. The standard InChI is InChI=1S/C13H18FNO2/c1-3-9(4-2)8-15-13(17)11-6-5-10(16)7-12(11)14/h5-7,9,16H,3-4,8H2,1-2H3,(H,15,17). The molecule has 0 aliphatic carbocycles. The molecule has 0 aliphatic rings. The van der Waals surface area contributed by atoms with Gasteiger partial charge in [0.15, 0.2) is 0 Å². The smallest absolute Gasteiger partial charge is 0.254 e. The van der Waals surface area contributed by atoms with Crippen LogP contribution < -0.4 is 5.32 Å². The van der Waals surface area contributed by atoms with E-state index < -0.39 is 11.7 Å². The summed E-state index contributed by atoms with van der Waals surface area (Å²) in [6, 6.07) is 3.52. The Labute approximate surface area is 101 Å². The number of nitrogens with one attached hydrogen (secondary N) is 1. The van der Waals surface area contributed by atoms with Crippen LogP contribution in [0.4, 0.5) is 4.39 Å². The SMILES string of the molecule is CCC(CC)CNC(=O)c1ccc(O)cc1F. The average molecular weight is 239 g/mol. The van der Waals surface area contributed by atoms with E-state index in [1.54, 1.807) is 0 Å². The highest BCUT2D eigenvalue weighted by Crippen LogP contribution is 2.15. The highest BCUT2D eigenvalue weighted by Gasteiger charge is 2.13. The van der Waals surface area contributed by atoms with E-state index in [4.69, 9.17) is 5.11 Å². The van der Waals surface area contributed by atoms with Gasteiger partial charge in [0.1, 0.15) is 11.6 Å². The van der Waals surface area contributed by atoms with E-state index in [0.717, 1.165) is 18.9 Å². The van der Waals surface area contributed by atoms with E-state index in [0.29, 0.717) is 12.5 Å². The van der Waals surface area contributed by atoms with Gasteiger partial charge in [0.2, 0.25) is 0 Å². The fourth-order valence-electron chi connectivity index (χ4n) is 1.60. The number of hydrogen-bond donors (Lipinski definition) is 2. The van der Waals surface area contributed by atoms with E-state index in [1.807, 2.05) is 0 Å². The topological polar surface area (TPSA) is 49.3 Å². The van der Waals surface area contributed by atoms with Crippen molar-refractivity contribution in [2.45, 2.75) is 26.7 Å². The molecule has 0 spiro atoms. The van der Waals surface area contributed by atoms with Gasteiger partial charge in [0.05, 0.1) is 5.56 Å². The third-order valence-corrected chi connectivity index (χ3v) is 2.90. The minimum absolute atomic E-state index is 0.0336. The number of amides is 1. The number of halogens is 1. The van der Waals surface area contributed by atoms with E-state index in [9.17, 15) is 9.18 Å². The molecule has 0 saturated heterocycles. The first-order valence-corrected chi connectivity index (χ1v) is 5.85. The number of phenolic OH excluding ortho intramolecular Hbond substituents is 1. The van der Waals surface area contributed by atoms with Gasteiger partial charge in [-0.2, -0.15) is 0 Å². The van der Waals surface area contributed by atoms with E-state index in [-0.39, 0.29) is 11.3 Å². The van der Waals surface area contributed by atoms with Crippen LogP contribution in [-0.4, -0.2) is 17.6 Å². The lowest BCUT2D eigenvalue weighted by Gasteiger charge is -2.13. The summed E-state index contributed by atoms with van der Waals surface area (Å²) in [5.41, 5.74) is -0.0336. The fourth-order valence-corrected chi connectivity index (χ4v) is 1.60. The molecule has 0 saturated carbocycles. The Morgan fingerprint density at radius 1 is 1.41 bits per heavy atom. The van der Waals surface area contributed by atoms with Crippen molar-refractivity contribution in [3.05, 3.63) is 29.6 Å².